The van der Waals surface area contributed by atoms with E-state index in [2.05, 4.69) is 29.2 Å². The minimum absolute atomic E-state index is 0.460. The van der Waals surface area contributed by atoms with Crippen LogP contribution in [0, 0.1) is 5.92 Å². The molecule has 104 valence electrons. The van der Waals surface area contributed by atoms with Crippen LogP contribution in [0.4, 0.5) is 5.69 Å². The number of benzene rings is 1. The highest BCUT2D eigenvalue weighted by Crippen LogP contribution is 2.30. The first-order valence-corrected chi connectivity index (χ1v) is 7.93. The number of nitrogens with zero attached hydrogens (tertiary/aromatic N) is 1. The molecule has 0 saturated heterocycles. The van der Waals surface area contributed by atoms with E-state index >= 15 is 0 Å². The molecule has 1 aromatic carbocycles. The number of anilines is 1. The molecule has 1 saturated carbocycles. The van der Waals surface area contributed by atoms with E-state index in [9.17, 15) is 0 Å². The van der Waals surface area contributed by atoms with E-state index in [1.54, 1.807) is 0 Å². The van der Waals surface area contributed by atoms with Crippen molar-refractivity contribution in [3.63, 3.8) is 0 Å². The van der Waals surface area contributed by atoms with Crippen molar-refractivity contribution < 1.29 is 0 Å². The van der Waals surface area contributed by atoms with E-state index in [-0.39, 0.29) is 0 Å². The van der Waals surface area contributed by atoms with Gasteiger partial charge in [0.05, 0.1) is 0 Å². The first kappa shape index (κ1) is 13.0. The average molecular weight is 258 g/mol. The van der Waals surface area contributed by atoms with Crippen LogP contribution in [-0.2, 0) is 6.42 Å². The topological polar surface area (TPSA) is 29.3 Å². The predicted molar refractivity (Wildman–Crippen MR) is 81.5 cm³/mol. The zero-order valence-corrected chi connectivity index (χ0v) is 11.9. The van der Waals surface area contributed by atoms with E-state index in [4.69, 9.17) is 5.73 Å². The molecule has 1 aliphatic carbocycles. The Bertz CT molecular complexity index is 415. The van der Waals surface area contributed by atoms with Crippen molar-refractivity contribution in [1.82, 2.24) is 0 Å². The molecule has 19 heavy (non-hydrogen) atoms. The predicted octanol–water partition coefficient (Wildman–Crippen LogP) is 3.35. The fourth-order valence-corrected chi connectivity index (χ4v) is 3.75. The molecule has 0 amide bonds. The van der Waals surface area contributed by atoms with Crippen LogP contribution in [0.5, 0.6) is 0 Å². The maximum atomic E-state index is 6.20. The van der Waals surface area contributed by atoms with Gasteiger partial charge in [0.15, 0.2) is 0 Å². The minimum Gasteiger partial charge on any atom is -0.371 e. The van der Waals surface area contributed by atoms with Gasteiger partial charge in [0.1, 0.15) is 0 Å². The van der Waals surface area contributed by atoms with Crippen molar-refractivity contribution in [1.29, 1.82) is 0 Å². The van der Waals surface area contributed by atoms with Crippen LogP contribution in [0.2, 0.25) is 0 Å². The number of rotatable bonds is 3. The summed E-state index contributed by atoms with van der Waals surface area (Å²) in [5, 5.41) is 0. The molecular weight excluding hydrogens is 232 g/mol. The summed E-state index contributed by atoms with van der Waals surface area (Å²) in [6, 6.07) is 9.42. The quantitative estimate of drug-likeness (QED) is 0.901. The maximum Gasteiger partial charge on any atom is 0.0398 e. The summed E-state index contributed by atoms with van der Waals surface area (Å²) in [5.74, 6) is 0.760. The molecule has 3 rings (SSSR count). The van der Waals surface area contributed by atoms with Gasteiger partial charge in [0.2, 0.25) is 0 Å². The molecule has 0 bridgehead atoms. The molecule has 1 aromatic rings. The number of fused-ring (bicyclic) bond motifs is 1. The molecule has 2 aliphatic rings. The third-order valence-corrected chi connectivity index (χ3v) is 4.94. The Balaban J connectivity index is 1.67. The van der Waals surface area contributed by atoms with Crippen LogP contribution < -0.4 is 10.6 Å². The van der Waals surface area contributed by atoms with Crippen molar-refractivity contribution in [2.45, 2.75) is 51.0 Å². The second-order valence-electron chi connectivity index (χ2n) is 6.22. The van der Waals surface area contributed by atoms with Gasteiger partial charge in [-0.15, -0.1) is 0 Å². The molecule has 1 fully saturated rings. The first-order chi connectivity index (χ1) is 9.34. The summed E-state index contributed by atoms with van der Waals surface area (Å²) in [4.78, 5) is 2.60. The van der Waals surface area contributed by atoms with Crippen LogP contribution in [-0.4, -0.2) is 19.1 Å². The number of hydrogen-bond acceptors (Lipinski definition) is 2. The van der Waals surface area contributed by atoms with Crippen molar-refractivity contribution >= 4 is 5.69 Å². The largest absolute Gasteiger partial charge is 0.371 e. The van der Waals surface area contributed by atoms with Crippen molar-refractivity contribution in [2.24, 2.45) is 11.7 Å². The Morgan fingerprint density at radius 2 is 2.00 bits per heavy atom. The zero-order chi connectivity index (χ0) is 13.1. The lowest BCUT2D eigenvalue weighted by Crippen LogP contribution is -2.31. The Morgan fingerprint density at radius 1 is 1.11 bits per heavy atom. The van der Waals surface area contributed by atoms with Gasteiger partial charge in [0.25, 0.3) is 0 Å². The lowest BCUT2D eigenvalue weighted by atomic mass is 9.99. The minimum atomic E-state index is 0.460. The third kappa shape index (κ3) is 2.94. The van der Waals surface area contributed by atoms with Gasteiger partial charge in [-0.3, -0.25) is 0 Å². The summed E-state index contributed by atoms with van der Waals surface area (Å²) < 4.78 is 0. The average Bonchev–Trinajstić information content (AvgIpc) is 2.73. The molecule has 0 radical (unpaired) electrons. The van der Waals surface area contributed by atoms with Gasteiger partial charge in [-0.2, -0.15) is 0 Å². The van der Waals surface area contributed by atoms with Gasteiger partial charge in [-0.25, -0.2) is 0 Å². The highest BCUT2D eigenvalue weighted by Gasteiger charge is 2.24. The Labute approximate surface area is 117 Å². The molecule has 2 N–H and O–H groups in total. The highest BCUT2D eigenvalue weighted by atomic mass is 15.1. The Kier molecular flexibility index (Phi) is 4.07. The smallest absolute Gasteiger partial charge is 0.0398 e. The van der Waals surface area contributed by atoms with Gasteiger partial charge < -0.3 is 10.6 Å². The van der Waals surface area contributed by atoms with Crippen molar-refractivity contribution in [2.75, 3.05) is 18.0 Å². The van der Waals surface area contributed by atoms with E-state index in [0.29, 0.717) is 6.04 Å². The molecule has 2 atom stereocenters. The zero-order valence-electron chi connectivity index (χ0n) is 11.9. The molecule has 0 spiro atoms. The van der Waals surface area contributed by atoms with Gasteiger partial charge in [-0.05, 0) is 56.1 Å². The van der Waals surface area contributed by atoms with Crippen LogP contribution in [0.1, 0.15) is 44.1 Å². The maximum absolute atomic E-state index is 6.20. The van der Waals surface area contributed by atoms with E-state index < -0.39 is 0 Å². The fourth-order valence-electron chi connectivity index (χ4n) is 3.75. The van der Waals surface area contributed by atoms with Crippen LogP contribution in [0.3, 0.4) is 0 Å². The number of aryl methyl sites for hydroxylation is 1. The van der Waals surface area contributed by atoms with E-state index in [0.717, 1.165) is 5.92 Å². The normalized spacial score (nSPS) is 27.1. The number of hydrogen-bond donors (Lipinski definition) is 1. The van der Waals surface area contributed by atoms with Crippen LogP contribution in [0.25, 0.3) is 0 Å². The molecule has 0 aromatic heterocycles. The van der Waals surface area contributed by atoms with Crippen LogP contribution in [0.15, 0.2) is 24.3 Å². The third-order valence-electron chi connectivity index (χ3n) is 4.94. The summed E-state index contributed by atoms with van der Waals surface area (Å²) >= 11 is 0. The molecule has 2 unspecified atom stereocenters. The summed E-state index contributed by atoms with van der Waals surface area (Å²) in [6.07, 6.45) is 9.09. The van der Waals surface area contributed by atoms with Gasteiger partial charge in [0, 0.05) is 24.8 Å². The SMILES string of the molecule is NC1CCCC1CCN1CCCCc2ccccc21. The highest BCUT2D eigenvalue weighted by molar-refractivity contribution is 5.54. The van der Waals surface area contributed by atoms with E-state index in [1.165, 1.54) is 69.3 Å². The summed E-state index contributed by atoms with van der Waals surface area (Å²) in [7, 11) is 0. The Hall–Kier alpha value is -1.02. The van der Waals surface area contributed by atoms with E-state index in [1.807, 2.05) is 0 Å². The second-order valence-corrected chi connectivity index (χ2v) is 6.22. The summed E-state index contributed by atoms with van der Waals surface area (Å²) in [6.45, 7) is 2.41. The lowest BCUT2D eigenvalue weighted by molar-refractivity contribution is 0.445. The molecule has 2 nitrogen and oxygen atoms in total. The standard InChI is InChI=1S/C17H26N2/c18-16-9-5-8-14(16)11-13-19-12-4-3-7-15-6-1-2-10-17(15)19/h1-2,6,10,14,16H,3-5,7-9,11-13,18H2. The fraction of sp³-hybridized carbons (Fsp3) is 0.647. The molecule has 2 heteroatoms. The first-order valence-electron chi connectivity index (χ1n) is 7.93. The van der Waals surface area contributed by atoms with Crippen LogP contribution >= 0.6 is 0 Å². The molecule has 1 heterocycles. The second kappa shape index (κ2) is 5.96. The van der Waals surface area contributed by atoms with Crippen molar-refractivity contribution in [3.05, 3.63) is 29.8 Å². The van der Waals surface area contributed by atoms with Gasteiger partial charge >= 0.3 is 0 Å². The molecular formula is C17H26N2. The lowest BCUT2D eigenvalue weighted by Gasteiger charge is -2.27. The monoisotopic (exact) mass is 258 g/mol. The Morgan fingerprint density at radius 3 is 2.84 bits per heavy atom. The molecule has 1 aliphatic heterocycles. The number of nitrogens with two attached hydrogens (primary N) is 1. The number of para-hydroxylation sites is 1. The summed E-state index contributed by atoms with van der Waals surface area (Å²) in [5.41, 5.74) is 9.22. The van der Waals surface area contributed by atoms with Gasteiger partial charge in [-0.1, -0.05) is 24.6 Å². The van der Waals surface area contributed by atoms with Crippen molar-refractivity contribution in [3.8, 4) is 0 Å².